The highest BCUT2D eigenvalue weighted by Crippen LogP contribution is 2.06. The van der Waals surface area contributed by atoms with Crippen LogP contribution in [0.4, 0.5) is 0 Å². The largest absolute Gasteiger partial charge is 0.441 e. The van der Waals surface area contributed by atoms with Crippen molar-refractivity contribution in [2.75, 3.05) is 0 Å². The molecule has 4 heteroatoms. The van der Waals surface area contributed by atoms with Crippen LogP contribution in [0.3, 0.4) is 0 Å². The van der Waals surface area contributed by atoms with Gasteiger partial charge in [-0.1, -0.05) is 0 Å². The second kappa shape index (κ2) is 2.41. The predicted octanol–water partition coefficient (Wildman–Crippen LogP) is 0.891. The molecule has 0 atom stereocenters. The molecule has 2 aromatic heterocycles. The van der Waals surface area contributed by atoms with Gasteiger partial charge < -0.3 is 4.42 Å². The lowest BCUT2D eigenvalue weighted by Crippen LogP contribution is -2.06. The molecule has 0 unspecified atom stereocenters. The van der Waals surface area contributed by atoms with Gasteiger partial charge in [0, 0.05) is 13.1 Å². The topological polar surface area (TPSA) is 56.0 Å². The van der Waals surface area contributed by atoms with Crippen LogP contribution in [0.25, 0.3) is 11.0 Å². The third-order valence-corrected chi connectivity index (χ3v) is 1.53. The summed E-state index contributed by atoms with van der Waals surface area (Å²) >= 11 is 0. The summed E-state index contributed by atoms with van der Waals surface area (Å²) in [6, 6.07) is 1.59. The molecule has 0 radical (unpaired) electrons. The van der Waals surface area contributed by atoms with E-state index in [1.54, 1.807) is 13.0 Å². The molecule has 60 valence electrons. The van der Waals surface area contributed by atoms with Crippen molar-refractivity contribution in [3.05, 3.63) is 34.7 Å². The highest BCUT2D eigenvalue weighted by Gasteiger charge is 2.01. The lowest BCUT2D eigenvalue weighted by atomic mass is 10.3. The van der Waals surface area contributed by atoms with Gasteiger partial charge in [0.05, 0.1) is 11.6 Å². The van der Waals surface area contributed by atoms with Crippen molar-refractivity contribution in [2.45, 2.75) is 6.92 Å². The quantitative estimate of drug-likeness (QED) is 0.577. The van der Waals surface area contributed by atoms with Gasteiger partial charge in [-0.3, -0.25) is 9.78 Å². The Bertz CT molecular complexity index is 476. The summed E-state index contributed by atoms with van der Waals surface area (Å²) in [5, 5.41) is 0.468. The van der Waals surface area contributed by atoms with Crippen LogP contribution in [0.15, 0.2) is 27.7 Å². The fourth-order valence-electron chi connectivity index (χ4n) is 1.02. The van der Waals surface area contributed by atoms with Gasteiger partial charge in [0.2, 0.25) is 0 Å². The zero-order valence-electron chi connectivity index (χ0n) is 6.44. The number of fused-ring (bicyclic) bond motifs is 1. The van der Waals surface area contributed by atoms with Crippen molar-refractivity contribution in [3.8, 4) is 0 Å². The van der Waals surface area contributed by atoms with Crippen molar-refractivity contribution < 1.29 is 4.42 Å². The molecular formula is C8H6N2O2. The van der Waals surface area contributed by atoms with Crippen LogP contribution < -0.4 is 5.56 Å². The highest BCUT2D eigenvalue weighted by atomic mass is 16.3. The molecular weight excluding hydrogens is 156 g/mol. The number of aryl methyl sites for hydroxylation is 1. The van der Waals surface area contributed by atoms with Gasteiger partial charge in [-0.2, -0.15) is 4.98 Å². The Morgan fingerprint density at radius 1 is 1.50 bits per heavy atom. The van der Waals surface area contributed by atoms with Crippen molar-refractivity contribution in [1.82, 2.24) is 9.97 Å². The monoisotopic (exact) mass is 162 g/mol. The summed E-state index contributed by atoms with van der Waals surface area (Å²) < 4.78 is 5.17. The van der Waals surface area contributed by atoms with Crippen LogP contribution in [-0.2, 0) is 0 Å². The van der Waals surface area contributed by atoms with E-state index in [9.17, 15) is 4.79 Å². The summed E-state index contributed by atoms with van der Waals surface area (Å²) in [7, 11) is 0. The van der Waals surface area contributed by atoms with Gasteiger partial charge in [0.1, 0.15) is 0 Å². The van der Waals surface area contributed by atoms with E-state index in [0.29, 0.717) is 16.9 Å². The summed E-state index contributed by atoms with van der Waals surface area (Å²) in [6.45, 7) is 1.63. The molecule has 0 aliphatic heterocycles. The molecule has 4 nitrogen and oxygen atoms in total. The zero-order valence-corrected chi connectivity index (χ0v) is 6.44. The van der Waals surface area contributed by atoms with Crippen LogP contribution in [0, 0.1) is 6.92 Å². The van der Waals surface area contributed by atoms with Crippen molar-refractivity contribution >= 4 is 11.0 Å². The minimum absolute atomic E-state index is 0.267. The van der Waals surface area contributed by atoms with Crippen LogP contribution in [0.1, 0.15) is 5.89 Å². The normalized spacial score (nSPS) is 10.4. The SMILES string of the molecule is Cc1nc(=O)c2ccncc2o1. The molecule has 0 bridgehead atoms. The molecule has 0 aliphatic rings. The van der Waals surface area contributed by atoms with Crippen LogP contribution >= 0.6 is 0 Å². The standard InChI is InChI=1S/C8H6N2O2/c1-5-10-8(11)6-2-3-9-4-7(6)12-5/h2-4H,1H3. The first kappa shape index (κ1) is 6.97. The fourth-order valence-corrected chi connectivity index (χ4v) is 1.02. The van der Waals surface area contributed by atoms with E-state index in [1.165, 1.54) is 12.4 Å². The molecule has 0 spiro atoms. The Morgan fingerprint density at radius 3 is 3.17 bits per heavy atom. The first-order chi connectivity index (χ1) is 5.77. The first-order valence-corrected chi connectivity index (χ1v) is 3.49. The molecule has 12 heavy (non-hydrogen) atoms. The highest BCUT2D eigenvalue weighted by molar-refractivity contribution is 5.73. The molecule has 2 rings (SSSR count). The minimum Gasteiger partial charge on any atom is -0.441 e. The van der Waals surface area contributed by atoms with E-state index >= 15 is 0 Å². The molecule has 0 aromatic carbocycles. The molecule has 2 heterocycles. The van der Waals surface area contributed by atoms with Gasteiger partial charge in [0.25, 0.3) is 5.56 Å². The summed E-state index contributed by atoms with van der Waals surface area (Å²) in [4.78, 5) is 18.7. The average Bonchev–Trinajstić information content (AvgIpc) is 2.04. The van der Waals surface area contributed by atoms with Crippen LogP contribution in [-0.4, -0.2) is 9.97 Å². The lowest BCUT2D eigenvalue weighted by molar-refractivity contribution is 0.533. The molecule has 0 saturated heterocycles. The number of rotatable bonds is 0. The number of pyridine rings is 1. The van der Waals surface area contributed by atoms with Gasteiger partial charge in [-0.05, 0) is 6.07 Å². The molecule has 2 aromatic rings. The number of aromatic nitrogens is 2. The Kier molecular flexibility index (Phi) is 1.40. The third-order valence-electron chi connectivity index (χ3n) is 1.53. The Labute approximate surface area is 67.9 Å². The average molecular weight is 162 g/mol. The minimum atomic E-state index is -0.267. The van der Waals surface area contributed by atoms with Gasteiger partial charge in [0.15, 0.2) is 11.5 Å². The third kappa shape index (κ3) is 0.972. The van der Waals surface area contributed by atoms with Crippen molar-refractivity contribution in [1.29, 1.82) is 0 Å². The van der Waals surface area contributed by atoms with Crippen molar-refractivity contribution in [2.24, 2.45) is 0 Å². The second-order valence-corrected chi connectivity index (χ2v) is 2.41. The van der Waals surface area contributed by atoms with Gasteiger partial charge >= 0.3 is 0 Å². The second-order valence-electron chi connectivity index (χ2n) is 2.41. The Balaban J connectivity index is 2.99. The maximum Gasteiger partial charge on any atom is 0.283 e. The molecule has 0 fully saturated rings. The summed E-state index contributed by atoms with van der Waals surface area (Å²) in [5.74, 6) is 0.362. The van der Waals surface area contributed by atoms with E-state index in [-0.39, 0.29) is 5.56 Å². The number of nitrogens with zero attached hydrogens (tertiary/aromatic N) is 2. The lowest BCUT2D eigenvalue weighted by Gasteiger charge is -1.94. The maximum atomic E-state index is 11.2. The molecule has 0 amide bonds. The molecule has 0 N–H and O–H groups in total. The van der Waals surface area contributed by atoms with E-state index in [2.05, 4.69) is 9.97 Å². The first-order valence-electron chi connectivity index (χ1n) is 3.49. The van der Waals surface area contributed by atoms with Gasteiger partial charge in [-0.15, -0.1) is 0 Å². The summed E-state index contributed by atoms with van der Waals surface area (Å²) in [6.07, 6.45) is 3.04. The number of hydrogen-bond donors (Lipinski definition) is 0. The maximum absolute atomic E-state index is 11.2. The van der Waals surface area contributed by atoms with Crippen molar-refractivity contribution in [3.63, 3.8) is 0 Å². The van der Waals surface area contributed by atoms with Crippen LogP contribution in [0.2, 0.25) is 0 Å². The smallest absolute Gasteiger partial charge is 0.283 e. The van der Waals surface area contributed by atoms with E-state index < -0.39 is 0 Å². The zero-order chi connectivity index (χ0) is 8.55. The Hall–Kier alpha value is -1.71. The van der Waals surface area contributed by atoms with Gasteiger partial charge in [-0.25, -0.2) is 0 Å². The van der Waals surface area contributed by atoms with E-state index in [1.807, 2.05) is 0 Å². The molecule has 0 saturated carbocycles. The predicted molar refractivity (Wildman–Crippen MR) is 42.8 cm³/mol. The Morgan fingerprint density at radius 2 is 2.33 bits per heavy atom. The fraction of sp³-hybridized carbons (Fsp3) is 0.125. The number of hydrogen-bond acceptors (Lipinski definition) is 4. The van der Waals surface area contributed by atoms with Crippen LogP contribution in [0.5, 0.6) is 0 Å². The summed E-state index contributed by atoms with van der Waals surface area (Å²) in [5.41, 5.74) is 0.214. The van der Waals surface area contributed by atoms with E-state index in [4.69, 9.17) is 4.42 Å². The molecule has 0 aliphatic carbocycles. The van der Waals surface area contributed by atoms with E-state index in [0.717, 1.165) is 0 Å².